The summed E-state index contributed by atoms with van der Waals surface area (Å²) in [5.74, 6) is 0. The lowest BCUT2D eigenvalue weighted by molar-refractivity contribution is -0.140. The van der Waals surface area contributed by atoms with E-state index in [1.165, 1.54) is 0 Å². The Morgan fingerprint density at radius 2 is 1.70 bits per heavy atom. The van der Waals surface area contributed by atoms with Crippen LogP contribution in [0.1, 0.15) is 11.3 Å². The van der Waals surface area contributed by atoms with E-state index < -0.39 is 29.2 Å². The zero-order valence-electron chi connectivity index (χ0n) is 9.55. The van der Waals surface area contributed by atoms with Gasteiger partial charge in [-0.1, -0.05) is 6.07 Å². The summed E-state index contributed by atoms with van der Waals surface area (Å²) in [5, 5.41) is 0. The zero-order chi connectivity index (χ0) is 15.0. The molecule has 0 saturated carbocycles. The summed E-state index contributed by atoms with van der Waals surface area (Å²) >= 11 is 0. The lowest BCUT2D eigenvalue weighted by Gasteiger charge is -2.12. The molecular formula is C12H5F6N2. The van der Waals surface area contributed by atoms with Gasteiger partial charge in [-0.25, -0.2) is 9.97 Å². The van der Waals surface area contributed by atoms with Crippen LogP contribution in [0.5, 0.6) is 0 Å². The number of aromatic nitrogens is 2. The van der Waals surface area contributed by atoms with Gasteiger partial charge < -0.3 is 0 Å². The Bertz CT molecular complexity index is 618. The molecule has 105 valence electrons. The molecular weight excluding hydrogens is 286 g/mol. The van der Waals surface area contributed by atoms with Gasteiger partial charge in [0.15, 0.2) is 5.69 Å². The van der Waals surface area contributed by atoms with Crippen LogP contribution in [-0.4, -0.2) is 9.97 Å². The van der Waals surface area contributed by atoms with E-state index in [1.54, 1.807) is 0 Å². The van der Waals surface area contributed by atoms with E-state index in [1.807, 2.05) is 0 Å². The van der Waals surface area contributed by atoms with E-state index in [2.05, 4.69) is 16.0 Å². The second-order valence-electron chi connectivity index (χ2n) is 3.77. The van der Waals surface area contributed by atoms with Crippen molar-refractivity contribution in [1.29, 1.82) is 0 Å². The minimum Gasteiger partial charge on any atom is -0.244 e. The smallest absolute Gasteiger partial charge is 0.244 e. The molecule has 0 saturated heterocycles. The Hall–Kier alpha value is -2.12. The molecule has 1 aromatic carbocycles. The lowest BCUT2D eigenvalue weighted by Crippen LogP contribution is -2.11. The van der Waals surface area contributed by atoms with Crippen LogP contribution in [0.4, 0.5) is 26.3 Å². The van der Waals surface area contributed by atoms with Gasteiger partial charge in [0.2, 0.25) is 0 Å². The second-order valence-corrected chi connectivity index (χ2v) is 3.77. The van der Waals surface area contributed by atoms with Crippen LogP contribution >= 0.6 is 0 Å². The molecule has 2 nitrogen and oxygen atoms in total. The Labute approximate surface area is 109 Å². The van der Waals surface area contributed by atoms with E-state index in [0.29, 0.717) is 12.4 Å². The van der Waals surface area contributed by atoms with Gasteiger partial charge in [0.05, 0.1) is 5.56 Å². The minimum atomic E-state index is -4.79. The van der Waals surface area contributed by atoms with Crippen LogP contribution in [0.3, 0.4) is 0 Å². The Morgan fingerprint density at radius 3 is 2.30 bits per heavy atom. The zero-order valence-corrected chi connectivity index (χ0v) is 9.55. The molecule has 20 heavy (non-hydrogen) atoms. The second kappa shape index (κ2) is 4.77. The molecule has 1 aromatic heterocycles. The van der Waals surface area contributed by atoms with E-state index in [0.717, 1.165) is 18.3 Å². The van der Waals surface area contributed by atoms with E-state index >= 15 is 0 Å². The molecule has 0 aliphatic heterocycles. The largest absolute Gasteiger partial charge is 0.434 e. The van der Waals surface area contributed by atoms with Gasteiger partial charge in [0, 0.05) is 11.8 Å². The summed E-state index contributed by atoms with van der Waals surface area (Å²) in [6.07, 6.45) is -7.96. The highest BCUT2D eigenvalue weighted by atomic mass is 19.4. The number of hydrogen-bond acceptors (Lipinski definition) is 2. The first-order valence-corrected chi connectivity index (χ1v) is 5.16. The maximum atomic E-state index is 12.7. The first-order valence-electron chi connectivity index (χ1n) is 5.16. The van der Waals surface area contributed by atoms with Crippen LogP contribution in [0, 0.1) is 6.07 Å². The molecule has 0 amide bonds. The highest BCUT2D eigenvalue weighted by molar-refractivity contribution is 5.65. The predicted octanol–water partition coefficient (Wildman–Crippen LogP) is 3.98. The molecule has 2 aromatic rings. The highest BCUT2D eigenvalue weighted by Gasteiger charge is 2.36. The van der Waals surface area contributed by atoms with E-state index in [9.17, 15) is 26.3 Å². The number of nitrogens with zero attached hydrogens (tertiary/aromatic N) is 2. The number of alkyl halides is 6. The van der Waals surface area contributed by atoms with Gasteiger partial charge >= 0.3 is 12.4 Å². The van der Waals surface area contributed by atoms with Crippen molar-refractivity contribution in [1.82, 2.24) is 9.97 Å². The fraction of sp³-hybridized carbons (Fsp3) is 0.167. The topological polar surface area (TPSA) is 25.8 Å². The number of rotatable bonds is 1. The SMILES string of the molecule is FC(F)(F)c1cc[c]c(-c2cncnc2C(F)(F)F)c1. The average molecular weight is 291 g/mol. The van der Waals surface area contributed by atoms with Gasteiger partial charge in [-0.2, -0.15) is 26.3 Å². The molecule has 1 heterocycles. The molecule has 1 radical (unpaired) electrons. The predicted molar refractivity (Wildman–Crippen MR) is 56.3 cm³/mol. The Morgan fingerprint density at radius 1 is 1.00 bits per heavy atom. The number of benzene rings is 1. The molecule has 0 atom stereocenters. The van der Waals surface area contributed by atoms with Crippen molar-refractivity contribution in [2.24, 2.45) is 0 Å². The molecule has 0 spiro atoms. The summed E-state index contributed by atoms with van der Waals surface area (Å²) in [4.78, 5) is 6.50. The maximum absolute atomic E-state index is 12.7. The lowest BCUT2D eigenvalue weighted by atomic mass is 10.0. The normalized spacial score (nSPS) is 12.5. The number of halogens is 6. The van der Waals surface area contributed by atoms with Crippen molar-refractivity contribution in [3.05, 3.63) is 48.0 Å². The Balaban J connectivity index is 2.59. The quantitative estimate of drug-likeness (QED) is 0.743. The fourth-order valence-electron chi connectivity index (χ4n) is 1.55. The van der Waals surface area contributed by atoms with Crippen molar-refractivity contribution in [2.45, 2.75) is 12.4 Å². The third kappa shape index (κ3) is 2.89. The molecule has 0 aliphatic rings. The summed E-state index contributed by atoms with van der Waals surface area (Å²) in [7, 11) is 0. The van der Waals surface area contributed by atoms with Crippen molar-refractivity contribution in [3.8, 4) is 11.1 Å². The average Bonchev–Trinajstić information content (AvgIpc) is 2.37. The number of hydrogen-bond donors (Lipinski definition) is 0. The molecule has 0 N–H and O–H groups in total. The van der Waals surface area contributed by atoms with Gasteiger partial charge in [-0.15, -0.1) is 0 Å². The molecule has 2 rings (SSSR count). The minimum absolute atomic E-state index is 0.368. The van der Waals surface area contributed by atoms with Crippen molar-refractivity contribution >= 4 is 0 Å². The summed E-state index contributed by atoms with van der Waals surface area (Å²) < 4.78 is 75.9. The summed E-state index contributed by atoms with van der Waals surface area (Å²) in [5.41, 5.74) is -3.29. The first kappa shape index (κ1) is 14.3. The fourth-order valence-corrected chi connectivity index (χ4v) is 1.55. The molecule has 0 aliphatic carbocycles. The van der Waals surface area contributed by atoms with Gasteiger partial charge in [0.1, 0.15) is 6.33 Å². The third-order valence-electron chi connectivity index (χ3n) is 2.40. The van der Waals surface area contributed by atoms with E-state index in [-0.39, 0.29) is 5.56 Å². The standard InChI is InChI=1S/C12H5F6N2/c13-11(14,15)8-3-1-2-7(4-8)9-5-19-6-20-10(9)12(16,17)18/h1,3-6H. The molecule has 8 heteroatoms. The van der Waals surface area contributed by atoms with Crippen LogP contribution in [-0.2, 0) is 12.4 Å². The van der Waals surface area contributed by atoms with Gasteiger partial charge in [-0.05, 0) is 23.8 Å². The van der Waals surface area contributed by atoms with Gasteiger partial charge in [-0.3, -0.25) is 0 Å². The highest BCUT2D eigenvalue weighted by Crippen LogP contribution is 2.37. The monoisotopic (exact) mass is 291 g/mol. The molecule has 0 fully saturated rings. The molecule has 0 unspecified atom stereocenters. The maximum Gasteiger partial charge on any atom is 0.434 e. The van der Waals surface area contributed by atoms with Crippen molar-refractivity contribution in [2.75, 3.05) is 0 Å². The van der Waals surface area contributed by atoms with Crippen LogP contribution in [0.2, 0.25) is 0 Å². The van der Waals surface area contributed by atoms with Crippen LogP contribution < -0.4 is 0 Å². The third-order valence-corrected chi connectivity index (χ3v) is 2.40. The first-order chi connectivity index (χ1) is 9.19. The van der Waals surface area contributed by atoms with E-state index in [4.69, 9.17) is 0 Å². The van der Waals surface area contributed by atoms with Crippen LogP contribution in [0.15, 0.2) is 30.7 Å². The van der Waals surface area contributed by atoms with Crippen molar-refractivity contribution in [3.63, 3.8) is 0 Å². The summed E-state index contributed by atoms with van der Waals surface area (Å²) in [6, 6.07) is 4.54. The van der Waals surface area contributed by atoms with Crippen LogP contribution in [0.25, 0.3) is 11.1 Å². The van der Waals surface area contributed by atoms with Gasteiger partial charge in [0.25, 0.3) is 0 Å². The summed E-state index contributed by atoms with van der Waals surface area (Å²) in [6.45, 7) is 0. The Kier molecular flexibility index (Phi) is 3.41. The van der Waals surface area contributed by atoms with Crippen molar-refractivity contribution < 1.29 is 26.3 Å². The molecule has 0 bridgehead atoms.